The normalized spacial score (nSPS) is 10.9. The number of carbonyl (C=O) groups excluding carboxylic acids is 2. The molecule has 26 heavy (non-hydrogen) atoms. The smallest absolute Gasteiger partial charge is 0.170 e. The van der Waals surface area contributed by atoms with Gasteiger partial charge in [-0.2, -0.15) is 0 Å². The summed E-state index contributed by atoms with van der Waals surface area (Å²) < 4.78 is 0. The van der Waals surface area contributed by atoms with E-state index < -0.39 is 28.8 Å². The summed E-state index contributed by atoms with van der Waals surface area (Å²) in [6, 6.07) is 0. The molecule has 0 fully saturated rings. The van der Waals surface area contributed by atoms with E-state index in [0.29, 0.717) is 12.8 Å². The van der Waals surface area contributed by atoms with Crippen molar-refractivity contribution in [3.8, 4) is 17.2 Å². The van der Waals surface area contributed by atoms with Crippen molar-refractivity contribution in [2.24, 2.45) is 0 Å². The molecule has 0 aromatic heterocycles. The van der Waals surface area contributed by atoms with Crippen LogP contribution in [-0.2, 0) is 0 Å². The number of phenolic OH excluding ortho intramolecular Hbond substituents is 3. The summed E-state index contributed by atoms with van der Waals surface area (Å²) in [7, 11) is 0. The van der Waals surface area contributed by atoms with Crippen LogP contribution in [0.4, 0.5) is 0 Å². The third kappa shape index (κ3) is 5.48. The van der Waals surface area contributed by atoms with E-state index in [2.05, 4.69) is 13.8 Å². The highest BCUT2D eigenvalue weighted by Crippen LogP contribution is 2.42. The number of phenols is 3. The molecule has 146 valence electrons. The Hall–Kier alpha value is -2.04. The largest absolute Gasteiger partial charge is 0.507 e. The number of benzene rings is 1. The molecule has 0 unspecified atom stereocenters. The Kier molecular flexibility index (Phi) is 9.17. The summed E-state index contributed by atoms with van der Waals surface area (Å²) in [6.45, 7) is 5.58. The van der Waals surface area contributed by atoms with Gasteiger partial charge in [0.05, 0.1) is 0 Å². The minimum Gasteiger partial charge on any atom is -0.507 e. The second kappa shape index (κ2) is 10.8. The van der Waals surface area contributed by atoms with Crippen LogP contribution in [0.3, 0.4) is 0 Å². The van der Waals surface area contributed by atoms with Crippen LogP contribution in [0.15, 0.2) is 0 Å². The van der Waals surface area contributed by atoms with Crippen molar-refractivity contribution in [3.63, 3.8) is 0 Å². The first-order chi connectivity index (χ1) is 12.4. The second-order valence-corrected chi connectivity index (χ2v) is 6.89. The number of rotatable bonds is 12. The van der Waals surface area contributed by atoms with Gasteiger partial charge in [-0.15, -0.1) is 0 Å². The number of aromatic hydroxyl groups is 3. The maximum Gasteiger partial charge on any atom is 0.170 e. The summed E-state index contributed by atoms with van der Waals surface area (Å²) >= 11 is 0. The number of hydrogen-bond acceptors (Lipinski definition) is 5. The fourth-order valence-electron chi connectivity index (χ4n) is 3.04. The Morgan fingerprint density at radius 1 is 0.654 bits per heavy atom. The van der Waals surface area contributed by atoms with Crippen LogP contribution in [0.2, 0.25) is 0 Å². The minimum atomic E-state index is -0.591. The lowest BCUT2D eigenvalue weighted by Gasteiger charge is -2.15. The average molecular weight is 364 g/mol. The van der Waals surface area contributed by atoms with Gasteiger partial charge in [-0.05, 0) is 19.8 Å². The van der Waals surface area contributed by atoms with Gasteiger partial charge in [-0.1, -0.05) is 52.4 Å². The zero-order valence-corrected chi connectivity index (χ0v) is 16.2. The molecule has 0 atom stereocenters. The fourth-order valence-corrected chi connectivity index (χ4v) is 3.04. The van der Waals surface area contributed by atoms with Gasteiger partial charge in [-0.25, -0.2) is 0 Å². The van der Waals surface area contributed by atoms with Crippen LogP contribution in [0, 0.1) is 6.92 Å². The van der Waals surface area contributed by atoms with Gasteiger partial charge in [0.1, 0.15) is 28.4 Å². The van der Waals surface area contributed by atoms with E-state index in [1.54, 1.807) is 0 Å². The van der Waals surface area contributed by atoms with E-state index in [-0.39, 0.29) is 29.5 Å². The van der Waals surface area contributed by atoms with Gasteiger partial charge in [0, 0.05) is 18.4 Å². The van der Waals surface area contributed by atoms with Crippen LogP contribution >= 0.6 is 0 Å². The van der Waals surface area contributed by atoms with Crippen molar-refractivity contribution < 1.29 is 24.9 Å². The first kappa shape index (κ1) is 22.0. The Morgan fingerprint density at radius 3 is 1.38 bits per heavy atom. The van der Waals surface area contributed by atoms with E-state index in [0.717, 1.165) is 38.5 Å². The lowest BCUT2D eigenvalue weighted by Crippen LogP contribution is -2.08. The molecule has 0 aliphatic heterocycles. The first-order valence-corrected chi connectivity index (χ1v) is 9.70. The van der Waals surface area contributed by atoms with E-state index in [1.165, 1.54) is 6.92 Å². The zero-order chi connectivity index (χ0) is 19.7. The molecule has 1 aromatic rings. The summed E-state index contributed by atoms with van der Waals surface area (Å²) in [5.74, 6) is -2.28. The van der Waals surface area contributed by atoms with Crippen molar-refractivity contribution in [2.45, 2.75) is 85.0 Å². The zero-order valence-electron chi connectivity index (χ0n) is 16.2. The molecular weight excluding hydrogens is 332 g/mol. The van der Waals surface area contributed by atoms with Crippen molar-refractivity contribution in [1.29, 1.82) is 0 Å². The molecule has 5 heteroatoms. The van der Waals surface area contributed by atoms with Crippen LogP contribution < -0.4 is 0 Å². The van der Waals surface area contributed by atoms with Crippen LogP contribution in [0.25, 0.3) is 0 Å². The fraction of sp³-hybridized carbons (Fsp3) is 0.619. The molecule has 0 saturated heterocycles. The lowest BCUT2D eigenvalue weighted by atomic mass is 9.92. The molecule has 0 bridgehead atoms. The molecule has 1 rings (SSSR count). The van der Waals surface area contributed by atoms with E-state index in [9.17, 15) is 24.9 Å². The summed E-state index contributed by atoms with van der Waals surface area (Å²) in [5.41, 5.74) is -0.431. The number of unbranched alkanes of at least 4 members (excludes halogenated alkanes) is 6. The Morgan fingerprint density at radius 2 is 1.04 bits per heavy atom. The quantitative estimate of drug-likeness (QED) is 0.340. The summed E-state index contributed by atoms with van der Waals surface area (Å²) in [4.78, 5) is 24.9. The standard InChI is InChI=1S/C21H32O5/c1-4-6-8-10-12-15(22)17-19(24)14(3)20(25)18(21(17)26)16(23)13-11-9-7-5-2/h24-26H,4-13H2,1-3H3. The molecule has 5 nitrogen and oxygen atoms in total. The van der Waals surface area contributed by atoms with Crippen molar-refractivity contribution in [2.75, 3.05) is 0 Å². The maximum absolute atomic E-state index is 12.5. The van der Waals surface area contributed by atoms with Gasteiger partial charge in [0.15, 0.2) is 11.6 Å². The lowest BCUT2D eigenvalue weighted by molar-refractivity contribution is 0.0971. The number of ketones is 2. The molecule has 3 N–H and O–H groups in total. The Labute approximate surface area is 156 Å². The van der Waals surface area contributed by atoms with Gasteiger partial charge in [-0.3, -0.25) is 9.59 Å². The number of carbonyl (C=O) groups is 2. The van der Waals surface area contributed by atoms with Crippen LogP contribution in [0.1, 0.15) is 104 Å². The minimum absolute atomic E-state index is 0.0524. The molecular formula is C21H32O5. The molecule has 1 aromatic carbocycles. The number of Topliss-reactive ketones (excluding diaryl/α,β-unsaturated/α-hetero) is 2. The Balaban J connectivity index is 3.07. The second-order valence-electron chi connectivity index (χ2n) is 6.89. The average Bonchev–Trinajstić information content (AvgIpc) is 2.61. The highest BCUT2D eigenvalue weighted by molar-refractivity contribution is 6.09. The predicted molar refractivity (Wildman–Crippen MR) is 102 cm³/mol. The van der Waals surface area contributed by atoms with Crippen LogP contribution in [0.5, 0.6) is 17.2 Å². The SMILES string of the molecule is CCCCCCC(=O)c1c(O)c(C)c(O)c(C(=O)CCCCCC)c1O. The third-order valence-electron chi connectivity index (χ3n) is 4.73. The third-order valence-corrected chi connectivity index (χ3v) is 4.73. The van der Waals surface area contributed by atoms with Gasteiger partial charge in [0.2, 0.25) is 0 Å². The van der Waals surface area contributed by atoms with Gasteiger partial charge >= 0.3 is 0 Å². The van der Waals surface area contributed by atoms with Crippen molar-refractivity contribution in [3.05, 3.63) is 16.7 Å². The summed E-state index contributed by atoms with van der Waals surface area (Å²) in [5, 5.41) is 30.9. The number of hydrogen-bond donors (Lipinski definition) is 3. The molecule has 0 heterocycles. The van der Waals surface area contributed by atoms with Crippen LogP contribution in [-0.4, -0.2) is 26.9 Å². The van der Waals surface area contributed by atoms with Crippen molar-refractivity contribution >= 4 is 11.6 Å². The topological polar surface area (TPSA) is 94.8 Å². The molecule has 0 spiro atoms. The maximum atomic E-state index is 12.5. The van der Waals surface area contributed by atoms with E-state index >= 15 is 0 Å². The highest BCUT2D eigenvalue weighted by Gasteiger charge is 2.28. The van der Waals surface area contributed by atoms with Gasteiger partial charge < -0.3 is 15.3 Å². The summed E-state index contributed by atoms with van der Waals surface area (Å²) in [6.07, 6.45) is 7.60. The monoisotopic (exact) mass is 364 g/mol. The predicted octanol–water partition coefficient (Wildman–Crippen LogP) is 5.42. The molecule has 0 amide bonds. The molecule has 0 radical (unpaired) electrons. The first-order valence-electron chi connectivity index (χ1n) is 9.70. The molecule has 0 aliphatic carbocycles. The van der Waals surface area contributed by atoms with E-state index in [1.807, 2.05) is 0 Å². The highest BCUT2D eigenvalue weighted by atomic mass is 16.3. The molecule has 0 aliphatic rings. The molecule has 0 saturated carbocycles. The van der Waals surface area contributed by atoms with E-state index in [4.69, 9.17) is 0 Å². The van der Waals surface area contributed by atoms with Gasteiger partial charge in [0.25, 0.3) is 0 Å². The van der Waals surface area contributed by atoms with Crippen molar-refractivity contribution in [1.82, 2.24) is 0 Å². The Bertz CT molecular complexity index is 583.